The summed E-state index contributed by atoms with van der Waals surface area (Å²) in [5, 5.41) is 6.84. The lowest BCUT2D eigenvalue weighted by atomic mass is 9.95. The van der Waals surface area contributed by atoms with Crippen LogP contribution in [0.4, 0.5) is 16.4 Å². The number of amides is 1. The molecule has 4 rings (SSSR count). The number of aryl methyl sites for hydroxylation is 1. The largest absolute Gasteiger partial charge is 0.495 e. The molecule has 32 heavy (non-hydrogen) atoms. The number of esters is 1. The van der Waals surface area contributed by atoms with Gasteiger partial charge in [0.2, 0.25) is 0 Å². The number of fused-ring (bicyclic) bond motifs is 1. The van der Waals surface area contributed by atoms with E-state index in [0.717, 1.165) is 41.8 Å². The predicted molar refractivity (Wildman–Crippen MR) is 128 cm³/mol. The molecule has 0 unspecified atom stereocenters. The number of carbonyl (C=O) groups excluding carboxylic acids is 2. The van der Waals surface area contributed by atoms with Crippen molar-refractivity contribution >= 4 is 39.6 Å². The second-order valence-electron chi connectivity index (χ2n) is 7.46. The first-order chi connectivity index (χ1) is 15.6. The third-order valence-electron chi connectivity index (χ3n) is 5.43. The Labute approximate surface area is 191 Å². The Hall–Kier alpha value is -3.32. The van der Waals surface area contributed by atoms with Gasteiger partial charge >= 0.3 is 5.97 Å². The molecule has 0 radical (unpaired) electrons. The first kappa shape index (κ1) is 21.9. The van der Waals surface area contributed by atoms with E-state index in [4.69, 9.17) is 9.47 Å². The first-order valence-corrected chi connectivity index (χ1v) is 11.6. The summed E-state index contributed by atoms with van der Waals surface area (Å²) in [6.45, 7) is 2.08. The lowest BCUT2D eigenvalue weighted by molar-refractivity contribution is 0.0526. The quantitative estimate of drug-likeness (QED) is 0.444. The summed E-state index contributed by atoms with van der Waals surface area (Å²) in [6, 6.07) is 14.8. The van der Waals surface area contributed by atoms with Gasteiger partial charge in [-0.1, -0.05) is 24.3 Å². The molecule has 0 aliphatic heterocycles. The minimum Gasteiger partial charge on any atom is -0.495 e. The molecule has 7 heteroatoms. The molecule has 1 aromatic heterocycles. The monoisotopic (exact) mass is 450 g/mol. The van der Waals surface area contributed by atoms with Crippen molar-refractivity contribution in [1.82, 2.24) is 0 Å². The zero-order valence-electron chi connectivity index (χ0n) is 18.2. The Kier molecular flexibility index (Phi) is 6.75. The molecule has 2 N–H and O–H groups in total. The van der Waals surface area contributed by atoms with Crippen LogP contribution in [0.25, 0.3) is 0 Å². The molecular weight excluding hydrogens is 424 g/mol. The van der Waals surface area contributed by atoms with Gasteiger partial charge in [-0.25, -0.2) is 4.79 Å². The minimum absolute atomic E-state index is 0.285. The van der Waals surface area contributed by atoms with Crippen molar-refractivity contribution in [2.75, 3.05) is 24.4 Å². The smallest absolute Gasteiger partial charge is 0.341 e. The Morgan fingerprint density at radius 2 is 1.72 bits per heavy atom. The van der Waals surface area contributed by atoms with E-state index in [0.29, 0.717) is 34.2 Å². The molecule has 1 aliphatic carbocycles. The molecule has 2 aromatic carbocycles. The lowest BCUT2D eigenvalue weighted by Gasteiger charge is -2.15. The number of para-hydroxylation sites is 3. The minimum atomic E-state index is -0.373. The number of thiophene rings is 1. The number of ether oxygens (including phenoxy) is 2. The van der Waals surface area contributed by atoms with Crippen LogP contribution in [-0.4, -0.2) is 25.6 Å². The van der Waals surface area contributed by atoms with Gasteiger partial charge in [-0.15, -0.1) is 11.3 Å². The predicted octanol–water partition coefficient (Wildman–Crippen LogP) is 5.81. The fraction of sp³-hybridized carbons (Fsp3) is 0.280. The Bertz CT molecular complexity index is 1140. The Balaban J connectivity index is 1.64. The Morgan fingerprint density at radius 1 is 1.00 bits per heavy atom. The molecule has 1 amide bonds. The van der Waals surface area contributed by atoms with Crippen LogP contribution in [0.2, 0.25) is 0 Å². The number of benzene rings is 2. The van der Waals surface area contributed by atoms with E-state index in [-0.39, 0.29) is 11.9 Å². The van der Waals surface area contributed by atoms with Crippen LogP contribution in [0, 0.1) is 0 Å². The summed E-state index contributed by atoms with van der Waals surface area (Å²) in [6.07, 6.45) is 3.89. The number of hydrogen-bond donors (Lipinski definition) is 2. The highest BCUT2D eigenvalue weighted by molar-refractivity contribution is 7.17. The van der Waals surface area contributed by atoms with E-state index in [9.17, 15) is 9.59 Å². The highest BCUT2D eigenvalue weighted by atomic mass is 32.1. The number of methoxy groups -OCH3 is 1. The second-order valence-corrected chi connectivity index (χ2v) is 8.57. The normalized spacial score (nSPS) is 12.6. The van der Waals surface area contributed by atoms with Gasteiger partial charge in [-0.05, 0) is 62.4 Å². The number of hydrogen-bond acceptors (Lipinski definition) is 6. The maximum atomic E-state index is 13.3. The summed E-state index contributed by atoms with van der Waals surface area (Å²) in [7, 11) is 1.61. The van der Waals surface area contributed by atoms with Crippen LogP contribution in [0.1, 0.15) is 50.9 Å². The molecule has 6 nitrogen and oxygen atoms in total. The van der Waals surface area contributed by atoms with Crippen molar-refractivity contribution < 1.29 is 19.1 Å². The van der Waals surface area contributed by atoms with Gasteiger partial charge in [0, 0.05) is 4.88 Å². The van der Waals surface area contributed by atoms with E-state index >= 15 is 0 Å². The van der Waals surface area contributed by atoms with Crippen molar-refractivity contribution in [3.05, 3.63) is 70.1 Å². The van der Waals surface area contributed by atoms with Gasteiger partial charge in [-0.2, -0.15) is 0 Å². The van der Waals surface area contributed by atoms with Crippen LogP contribution in [0.3, 0.4) is 0 Å². The van der Waals surface area contributed by atoms with Crippen LogP contribution < -0.4 is 15.4 Å². The fourth-order valence-corrected chi connectivity index (χ4v) is 5.20. The molecule has 0 saturated heterocycles. The lowest BCUT2D eigenvalue weighted by Crippen LogP contribution is -2.16. The van der Waals surface area contributed by atoms with Crippen molar-refractivity contribution in [1.29, 1.82) is 0 Å². The van der Waals surface area contributed by atoms with E-state index < -0.39 is 0 Å². The SMILES string of the molecule is CCOC(=O)c1c(NC(=O)c2ccccc2Nc2ccccc2OC)sc2c1CCCC2. The van der Waals surface area contributed by atoms with Gasteiger partial charge in [0.1, 0.15) is 10.8 Å². The van der Waals surface area contributed by atoms with Crippen LogP contribution >= 0.6 is 11.3 Å². The standard InChI is InChI=1S/C25H26N2O4S/c1-3-31-25(29)22-17-11-5-9-15-21(17)32-24(22)27-23(28)16-10-4-6-12-18(16)26-19-13-7-8-14-20(19)30-2/h4,6-8,10,12-14,26H,3,5,9,11,15H2,1-2H3,(H,27,28). The van der Waals surface area contributed by atoms with Crippen molar-refractivity contribution in [3.8, 4) is 5.75 Å². The molecule has 0 fully saturated rings. The third-order valence-corrected chi connectivity index (χ3v) is 6.63. The summed E-state index contributed by atoms with van der Waals surface area (Å²) in [5.41, 5.74) is 3.41. The molecule has 0 saturated carbocycles. The van der Waals surface area contributed by atoms with E-state index in [1.54, 1.807) is 20.1 Å². The van der Waals surface area contributed by atoms with Crippen LogP contribution in [0.5, 0.6) is 5.75 Å². The fourth-order valence-electron chi connectivity index (χ4n) is 3.93. The van der Waals surface area contributed by atoms with Gasteiger partial charge in [0.05, 0.1) is 36.2 Å². The van der Waals surface area contributed by atoms with Gasteiger partial charge in [-0.3, -0.25) is 4.79 Å². The summed E-state index contributed by atoms with van der Waals surface area (Å²) in [5.74, 6) is 0.0213. The van der Waals surface area contributed by atoms with Gasteiger partial charge in [0.15, 0.2) is 0 Å². The number of carbonyl (C=O) groups is 2. The maximum Gasteiger partial charge on any atom is 0.341 e. The second kappa shape index (κ2) is 9.87. The third kappa shape index (κ3) is 4.48. The average molecular weight is 451 g/mol. The number of nitrogens with one attached hydrogen (secondary N) is 2. The molecule has 3 aromatic rings. The Morgan fingerprint density at radius 3 is 2.50 bits per heavy atom. The number of anilines is 3. The van der Waals surface area contributed by atoms with Crippen molar-refractivity contribution in [2.45, 2.75) is 32.6 Å². The summed E-state index contributed by atoms with van der Waals surface area (Å²) in [4.78, 5) is 27.2. The van der Waals surface area contributed by atoms with Crippen molar-refractivity contribution in [3.63, 3.8) is 0 Å². The maximum absolute atomic E-state index is 13.3. The molecule has 1 heterocycles. The molecule has 166 valence electrons. The summed E-state index contributed by atoms with van der Waals surface area (Å²) >= 11 is 1.48. The average Bonchev–Trinajstić information content (AvgIpc) is 3.17. The zero-order valence-corrected chi connectivity index (χ0v) is 19.0. The zero-order chi connectivity index (χ0) is 22.5. The van der Waals surface area contributed by atoms with Crippen molar-refractivity contribution in [2.24, 2.45) is 0 Å². The highest BCUT2D eigenvalue weighted by Crippen LogP contribution is 2.39. The molecule has 0 bridgehead atoms. The number of rotatable bonds is 7. The van der Waals surface area contributed by atoms with E-state index in [2.05, 4.69) is 10.6 Å². The first-order valence-electron chi connectivity index (χ1n) is 10.7. The van der Waals surface area contributed by atoms with Gasteiger partial charge < -0.3 is 20.1 Å². The molecule has 0 atom stereocenters. The topological polar surface area (TPSA) is 76.7 Å². The van der Waals surface area contributed by atoms with Crippen LogP contribution in [0.15, 0.2) is 48.5 Å². The molecular formula is C25H26N2O4S. The van der Waals surface area contributed by atoms with Gasteiger partial charge in [0.25, 0.3) is 5.91 Å². The summed E-state index contributed by atoms with van der Waals surface area (Å²) < 4.78 is 10.7. The molecule has 0 spiro atoms. The van der Waals surface area contributed by atoms with Crippen LogP contribution in [-0.2, 0) is 17.6 Å². The van der Waals surface area contributed by atoms with E-state index in [1.165, 1.54) is 11.3 Å². The highest BCUT2D eigenvalue weighted by Gasteiger charge is 2.27. The molecule has 1 aliphatic rings. The van der Waals surface area contributed by atoms with E-state index in [1.807, 2.05) is 42.5 Å².